The van der Waals surface area contributed by atoms with Crippen LogP contribution in [0.25, 0.3) is 0 Å². The smallest absolute Gasteiger partial charge is 0.410 e. The fourth-order valence-electron chi connectivity index (χ4n) is 5.96. The molecule has 3 amide bonds. The number of hydrogen-bond acceptors (Lipinski definition) is 8. The number of carbonyl (C=O) groups excluding carboxylic acids is 5. The van der Waals surface area contributed by atoms with Gasteiger partial charge >= 0.3 is 6.09 Å². The number of nitrogens with two attached hydrogens (primary N) is 2. The topological polar surface area (TPSA) is 187 Å². The molecule has 0 spiro atoms. The SMILES string of the molecule is CN(C(=O)OCc1ccccc1)C(CC(=O)N1CCC[C@H]1C(=O)N[C@@H](CCCN=C(N)N)C(=O)C(OC=O)c1ccccc1)c1ccccc1. The molecular formula is C37H44N6O7. The summed E-state index contributed by atoms with van der Waals surface area (Å²) in [6.45, 7) is 0.804. The molecule has 1 aliphatic heterocycles. The van der Waals surface area contributed by atoms with Crippen LogP contribution in [0.5, 0.6) is 0 Å². The second kappa shape index (κ2) is 18.7. The molecule has 3 aromatic carbocycles. The third-order valence-electron chi connectivity index (χ3n) is 8.55. The van der Waals surface area contributed by atoms with Gasteiger partial charge in [-0.3, -0.25) is 24.2 Å². The summed E-state index contributed by atoms with van der Waals surface area (Å²) in [4.78, 5) is 73.0. The molecule has 0 radical (unpaired) electrons. The van der Waals surface area contributed by atoms with Crippen molar-refractivity contribution >= 4 is 36.1 Å². The molecule has 1 fully saturated rings. The first kappa shape index (κ1) is 37.1. The molecule has 1 heterocycles. The highest BCUT2D eigenvalue weighted by atomic mass is 16.6. The van der Waals surface area contributed by atoms with E-state index in [1.54, 1.807) is 37.4 Å². The molecule has 1 aliphatic rings. The average molecular weight is 685 g/mol. The van der Waals surface area contributed by atoms with Gasteiger partial charge in [0.25, 0.3) is 6.47 Å². The highest BCUT2D eigenvalue weighted by Crippen LogP contribution is 2.28. The van der Waals surface area contributed by atoms with Crippen LogP contribution in [0.1, 0.15) is 60.9 Å². The number of benzene rings is 3. The summed E-state index contributed by atoms with van der Waals surface area (Å²) in [6.07, 6.45) is -0.515. The third kappa shape index (κ3) is 10.4. The number of ether oxygens (including phenoxy) is 2. The summed E-state index contributed by atoms with van der Waals surface area (Å²) in [5.41, 5.74) is 12.9. The van der Waals surface area contributed by atoms with E-state index in [4.69, 9.17) is 20.9 Å². The molecule has 4 rings (SSSR count). The van der Waals surface area contributed by atoms with Gasteiger partial charge in [0, 0.05) is 25.7 Å². The van der Waals surface area contributed by atoms with Crippen molar-refractivity contribution in [2.45, 2.75) is 62.9 Å². The zero-order chi connectivity index (χ0) is 35.9. The van der Waals surface area contributed by atoms with Gasteiger partial charge in [0.2, 0.25) is 11.8 Å². The van der Waals surface area contributed by atoms with Crippen LogP contribution in [0.3, 0.4) is 0 Å². The number of aliphatic imine (C=N–C) groups is 1. The molecule has 0 saturated carbocycles. The largest absolute Gasteiger partial charge is 0.452 e. The number of hydrogen-bond donors (Lipinski definition) is 3. The Morgan fingerprint density at radius 1 is 0.960 bits per heavy atom. The molecule has 3 aromatic rings. The zero-order valence-electron chi connectivity index (χ0n) is 28.1. The summed E-state index contributed by atoms with van der Waals surface area (Å²) in [6, 6.07) is 24.3. The van der Waals surface area contributed by atoms with Crippen LogP contribution in [0.4, 0.5) is 4.79 Å². The maximum Gasteiger partial charge on any atom is 0.410 e. The van der Waals surface area contributed by atoms with Crippen molar-refractivity contribution in [3.63, 3.8) is 0 Å². The minimum absolute atomic E-state index is 0.0721. The maximum absolute atomic E-state index is 13.9. The number of amides is 3. The van der Waals surface area contributed by atoms with E-state index in [0.29, 0.717) is 31.4 Å². The van der Waals surface area contributed by atoms with Crippen molar-refractivity contribution in [1.29, 1.82) is 0 Å². The van der Waals surface area contributed by atoms with Crippen molar-refractivity contribution in [3.05, 3.63) is 108 Å². The number of rotatable bonds is 17. The molecule has 0 aliphatic carbocycles. The van der Waals surface area contributed by atoms with Crippen LogP contribution in [-0.2, 0) is 35.3 Å². The highest BCUT2D eigenvalue weighted by molar-refractivity contribution is 5.95. The normalized spacial score (nSPS) is 15.5. The maximum atomic E-state index is 13.9. The lowest BCUT2D eigenvalue weighted by Gasteiger charge is -2.31. The number of nitrogens with one attached hydrogen (secondary N) is 1. The van der Waals surface area contributed by atoms with Gasteiger partial charge in [-0.15, -0.1) is 0 Å². The van der Waals surface area contributed by atoms with Gasteiger partial charge in [0.05, 0.1) is 18.5 Å². The van der Waals surface area contributed by atoms with Gasteiger partial charge in [-0.05, 0) is 36.8 Å². The number of guanidine groups is 1. The lowest BCUT2D eigenvalue weighted by atomic mass is 9.96. The Hall–Kier alpha value is -5.72. The lowest BCUT2D eigenvalue weighted by molar-refractivity contribution is -0.147. The number of ketones is 1. The van der Waals surface area contributed by atoms with Crippen LogP contribution >= 0.6 is 0 Å². The Morgan fingerprint density at radius 2 is 1.58 bits per heavy atom. The van der Waals surface area contributed by atoms with E-state index >= 15 is 0 Å². The van der Waals surface area contributed by atoms with Crippen LogP contribution in [0, 0.1) is 0 Å². The van der Waals surface area contributed by atoms with Crippen LogP contribution in [-0.4, -0.2) is 78.1 Å². The molecule has 0 aromatic heterocycles. The van der Waals surface area contributed by atoms with E-state index < -0.39 is 42.0 Å². The fraction of sp³-hybridized carbons (Fsp3) is 0.351. The first-order valence-corrected chi connectivity index (χ1v) is 16.5. The van der Waals surface area contributed by atoms with Gasteiger partial charge in [-0.2, -0.15) is 0 Å². The predicted octanol–water partition coefficient (Wildman–Crippen LogP) is 3.40. The van der Waals surface area contributed by atoms with Crippen LogP contribution in [0.15, 0.2) is 96.0 Å². The second-order valence-electron chi connectivity index (χ2n) is 12.0. The summed E-state index contributed by atoms with van der Waals surface area (Å²) in [5, 5.41) is 2.82. The van der Waals surface area contributed by atoms with E-state index in [1.807, 2.05) is 60.7 Å². The lowest BCUT2D eigenvalue weighted by Crippen LogP contribution is -2.52. The molecule has 50 heavy (non-hydrogen) atoms. The molecule has 4 atom stereocenters. The fourth-order valence-corrected chi connectivity index (χ4v) is 5.96. The third-order valence-corrected chi connectivity index (χ3v) is 8.55. The standard InChI is InChI=1S/C37H44N6O7/c1-42(37(48)49-24-26-13-5-2-6-14-26)31(27-15-7-3-8-16-27)23-32(45)43-22-12-20-30(43)35(47)41-29(19-11-21-40-36(38)39)33(46)34(50-25-44)28-17-9-4-10-18-28/h2-10,13-18,25,29-31,34H,11-12,19-24H2,1H3,(H,41,47)(H4,38,39,40)/t29-,30-,31?,34?/m0/s1. The monoisotopic (exact) mass is 684 g/mol. The Labute approximate surface area is 291 Å². The molecular weight excluding hydrogens is 640 g/mol. The van der Waals surface area contributed by atoms with E-state index in [2.05, 4.69) is 10.3 Å². The highest BCUT2D eigenvalue weighted by Gasteiger charge is 2.39. The molecule has 2 unspecified atom stereocenters. The molecule has 5 N–H and O–H groups in total. The van der Waals surface area contributed by atoms with E-state index in [-0.39, 0.29) is 44.3 Å². The van der Waals surface area contributed by atoms with Crippen LogP contribution in [0.2, 0.25) is 0 Å². The van der Waals surface area contributed by atoms with Gasteiger partial charge in [-0.25, -0.2) is 4.79 Å². The van der Waals surface area contributed by atoms with Crippen molar-refractivity contribution in [2.75, 3.05) is 20.1 Å². The van der Waals surface area contributed by atoms with Crippen molar-refractivity contribution in [2.24, 2.45) is 16.5 Å². The van der Waals surface area contributed by atoms with Crippen molar-refractivity contribution < 1.29 is 33.4 Å². The minimum Gasteiger partial charge on any atom is -0.452 e. The molecule has 13 nitrogen and oxygen atoms in total. The van der Waals surface area contributed by atoms with E-state index in [0.717, 1.165) is 11.1 Å². The molecule has 264 valence electrons. The van der Waals surface area contributed by atoms with E-state index in [9.17, 15) is 24.0 Å². The Balaban J connectivity index is 1.49. The number of Topliss-reactive ketones (excluding diaryl/α,β-unsaturated/α-hetero) is 1. The summed E-state index contributed by atoms with van der Waals surface area (Å²) in [5.74, 6) is -1.48. The second-order valence-corrected chi connectivity index (χ2v) is 12.0. The van der Waals surface area contributed by atoms with Crippen molar-refractivity contribution in [1.82, 2.24) is 15.1 Å². The Kier molecular flexibility index (Phi) is 13.9. The Bertz CT molecular complexity index is 1600. The van der Waals surface area contributed by atoms with Gasteiger partial charge in [-0.1, -0.05) is 91.0 Å². The average Bonchev–Trinajstić information content (AvgIpc) is 3.64. The molecule has 13 heteroatoms. The van der Waals surface area contributed by atoms with Gasteiger partial charge in [0.15, 0.2) is 17.8 Å². The minimum atomic E-state index is -1.26. The first-order valence-electron chi connectivity index (χ1n) is 16.5. The summed E-state index contributed by atoms with van der Waals surface area (Å²) >= 11 is 0. The van der Waals surface area contributed by atoms with Gasteiger partial charge in [0.1, 0.15) is 12.6 Å². The molecule has 1 saturated heterocycles. The summed E-state index contributed by atoms with van der Waals surface area (Å²) < 4.78 is 10.8. The predicted molar refractivity (Wildman–Crippen MR) is 186 cm³/mol. The van der Waals surface area contributed by atoms with E-state index in [1.165, 1.54) is 9.80 Å². The Morgan fingerprint density at radius 3 is 2.20 bits per heavy atom. The molecule has 0 bridgehead atoms. The van der Waals surface area contributed by atoms with Crippen LogP contribution < -0.4 is 16.8 Å². The first-order chi connectivity index (χ1) is 24.2. The quantitative estimate of drug-likeness (QED) is 0.0829. The van der Waals surface area contributed by atoms with Crippen molar-refractivity contribution in [3.8, 4) is 0 Å². The number of nitrogens with zero attached hydrogens (tertiary/aromatic N) is 3. The number of likely N-dealkylation sites (tertiary alicyclic amines) is 1. The van der Waals surface area contributed by atoms with Gasteiger partial charge < -0.3 is 36.1 Å². The summed E-state index contributed by atoms with van der Waals surface area (Å²) in [7, 11) is 1.58. The zero-order valence-corrected chi connectivity index (χ0v) is 28.1. The number of carbonyl (C=O) groups is 5.